The van der Waals surface area contributed by atoms with Crippen molar-refractivity contribution in [2.45, 2.75) is 31.2 Å². The predicted octanol–water partition coefficient (Wildman–Crippen LogP) is 3.16. The molecule has 0 aliphatic carbocycles. The molecular formula is C11H9ClF6N4O. The minimum Gasteiger partial charge on any atom is -0.342 e. The van der Waals surface area contributed by atoms with Gasteiger partial charge in [-0.05, 0) is 11.6 Å². The Kier molecular flexibility index (Phi) is 4.60. The number of nitrogens with zero attached hydrogens (tertiary/aromatic N) is 3. The molecule has 1 N–H and O–H groups in total. The lowest BCUT2D eigenvalue weighted by molar-refractivity contribution is -0.147. The average Bonchev–Trinajstić information content (AvgIpc) is 2.36. The van der Waals surface area contributed by atoms with Crippen molar-refractivity contribution < 1.29 is 31.1 Å². The van der Waals surface area contributed by atoms with Crippen LogP contribution in [-0.4, -0.2) is 40.8 Å². The van der Waals surface area contributed by atoms with Crippen molar-refractivity contribution in [2.75, 3.05) is 16.8 Å². The molecule has 1 unspecified atom stereocenters. The molecule has 1 aliphatic heterocycles. The van der Waals surface area contributed by atoms with Gasteiger partial charge >= 0.3 is 12.4 Å². The number of carbonyl (C=O) groups excluding carboxylic acids is 1. The van der Waals surface area contributed by atoms with Crippen LogP contribution in [0.25, 0.3) is 0 Å². The lowest BCUT2D eigenvalue weighted by atomic mass is 10.1. The third-order valence-electron chi connectivity index (χ3n) is 3.01. The number of hydrogen-bond acceptors (Lipinski definition) is 4. The number of alkyl halides is 6. The minimum atomic E-state index is -4.74. The van der Waals surface area contributed by atoms with E-state index in [1.807, 2.05) is 0 Å². The molecule has 1 amide bonds. The highest BCUT2D eigenvalue weighted by molar-refractivity contribution is 6.28. The van der Waals surface area contributed by atoms with Crippen LogP contribution in [0.5, 0.6) is 0 Å². The number of halogens is 7. The molecule has 1 aromatic rings. The molecule has 23 heavy (non-hydrogen) atoms. The first-order valence-corrected chi connectivity index (χ1v) is 6.57. The molecular weight excluding hydrogens is 354 g/mol. The summed E-state index contributed by atoms with van der Waals surface area (Å²) in [4.78, 5) is 19.7. The van der Waals surface area contributed by atoms with Crippen LogP contribution in [0.1, 0.15) is 12.8 Å². The van der Waals surface area contributed by atoms with Crippen molar-refractivity contribution in [3.63, 3.8) is 0 Å². The molecule has 1 aromatic heterocycles. The van der Waals surface area contributed by atoms with Gasteiger partial charge in [0, 0.05) is 6.54 Å². The zero-order valence-electron chi connectivity index (χ0n) is 11.2. The molecule has 128 valence electrons. The van der Waals surface area contributed by atoms with Crippen LogP contribution in [0.15, 0.2) is 6.20 Å². The maximum absolute atomic E-state index is 12.6. The Labute approximate surface area is 130 Å². The molecule has 0 spiro atoms. The quantitative estimate of drug-likeness (QED) is 0.663. The monoisotopic (exact) mass is 362 g/mol. The van der Waals surface area contributed by atoms with Crippen LogP contribution < -0.4 is 10.2 Å². The van der Waals surface area contributed by atoms with Crippen LogP contribution in [0, 0.1) is 0 Å². The highest BCUT2D eigenvalue weighted by Crippen LogP contribution is 2.36. The van der Waals surface area contributed by atoms with E-state index < -0.39 is 43.7 Å². The summed E-state index contributed by atoms with van der Waals surface area (Å²) in [7, 11) is 0. The number of anilines is 2. The normalized spacial score (nSPS) is 18.7. The van der Waals surface area contributed by atoms with Crippen molar-refractivity contribution in [1.82, 2.24) is 9.97 Å². The van der Waals surface area contributed by atoms with Gasteiger partial charge in [0.1, 0.15) is 11.7 Å². The van der Waals surface area contributed by atoms with Crippen molar-refractivity contribution in [2.24, 2.45) is 0 Å². The van der Waals surface area contributed by atoms with Crippen LogP contribution in [0.3, 0.4) is 0 Å². The van der Waals surface area contributed by atoms with Crippen LogP contribution >= 0.6 is 11.6 Å². The highest BCUT2D eigenvalue weighted by atomic mass is 35.5. The van der Waals surface area contributed by atoms with Gasteiger partial charge in [0.05, 0.1) is 19.0 Å². The lowest BCUT2D eigenvalue weighted by Crippen LogP contribution is -2.51. The summed E-state index contributed by atoms with van der Waals surface area (Å²) in [6.45, 7) is -0.863. The Balaban J connectivity index is 2.38. The molecule has 0 radical (unpaired) electrons. The van der Waals surface area contributed by atoms with Gasteiger partial charge in [-0.2, -0.15) is 31.3 Å². The third kappa shape index (κ3) is 4.60. The van der Waals surface area contributed by atoms with E-state index in [0.29, 0.717) is 4.90 Å². The van der Waals surface area contributed by atoms with Gasteiger partial charge in [-0.3, -0.25) is 4.79 Å². The number of rotatable bonds is 3. The molecule has 5 nitrogen and oxygen atoms in total. The van der Waals surface area contributed by atoms with Crippen LogP contribution in [-0.2, 0) is 4.79 Å². The summed E-state index contributed by atoms with van der Waals surface area (Å²) in [5.74, 6) is -1.36. The molecule has 1 atom stereocenters. The Morgan fingerprint density at radius 2 is 1.87 bits per heavy atom. The number of aromatic nitrogens is 2. The predicted molar refractivity (Wildman–Crippen MR) is 68.1 cm³/mol. The largest absolute Gasteiger partial charge is 0.391 e. The Bertz CT molecular complexity index is 605. The van der Waals surface area contributed by atoms with Crippen molar-refractivity contribution >= 4 is 29.0 Å². The second-order valence-corrected chi connectivity index (χ2v) is 5.10. The SMILES string of the molecule is O=C1Nc2cnc(Cl)nc2N(CCC(F)(F)F)C1CC(F)(F)F. The summed E-state index contributed by atoms with van der Waals surface area (Å²) < 4.78 is 75.1. The summed E-state index contributed by atoms with van der Waals surface area (Å²) in [6, 6.07) is -1.86. The number of nitrogens with one attached hydrogen (secondary N) is 1. The fraction of sp³-hybridized carbons (Fsp3) is 0.545. The van der Waals surface area contributed by atoms with E-state index in [0.717, 1.165) is 6.20 Å². The minimum absolute atomic E-state index is 0.0972. The first-order valence-electron chi connectivity index (χ1n) is 6.20. The number of carbonyl (C=O) groups is 1. The number of amides is 1. The van der Waals surface area contributed by atoms with Gasteiger partial charge < -0.3 is 10.2 Å². The van der Waals surface area contributed by atoms with Gasteiger partial charge in [0.15, 0.2) is 5.82 Å². The van der Waals surface area contributed by atoms with Gasteiger partial charge in [0.2, 0.25) is 11.2 Å². The average molecular weight is 363 g/mol. The van der Waals surface area contributed by atoms with Gasteiger partial charge in [-0.15, -0.1) is 0 Å². The first-order chi connectivity index (χ1) is 10.5. The van der Waals surface area contributed by atoms with E-state index in [1.54, 1.807) is 0 Å². The third-order valence-corrected chi connectivity index (χ3v) is 3.19. The Hall–Kier alpha value is -1.78. The zero-order chi connectivity index (χ0) is 17.4. The van der Waals surface area contributed by atoms with Gasteiger partial charge in [-0.1, -0.05) is 0 Å². The molecule has 0 aromatic carbocycles. The van der Waals surface area contributed by atoms with Crippen LogP contribution in [0.2, 0.25) is 5.28 Å². The maximum Gasteiger partial charge on any atom is 0.391 e. The fourth-order valence-corrected chi connectivity index (χ4v) is 2.22. The number of fused-ring (bicyclic) bond motifs is 1. The maximum atomic E-state index is 12.6. The standard InChI is InChI=1S/C11H9ClF6N4O/c12-9-19-4-5-7(21-9)22(2-1-10(13,14)15)6(8(23)20-5)3-11(16,17)18/h4,6H,1-3H2,(H,20,23). The molecule has 2 rings (SSSR count). The molecule has 0 fully saturated rings. The summed E-state index contributed by atoms with van der Waals surface area (Å²) >= 11 is 5.54. The van der Waals surface area contributed by atoms with E-state index in [4.69, 9.17) is 11.6 Å². The van der Waals surface area contributed by atoms with E-state index in [2.05, 4.69) is 15.3 Å². The van der Waals surface area contributed by atoms with Crippen molar-refractivity contribution in [1.29, 1.82) is 0 Å². The first kappa shape index (κ1) is 17.6. The molecule has 0 saturated carbocycles. The van der Waals surface area contributed by atoms with Crippen molar-refractivity contribution in [3.8, 4) is 0 Å². The van der Waals surface area contributed by atoms with Gasteiger partial charge in [-0.25, -0.2) is 4.98 Å². The molecule has 0 bridgehead atoms. The summed E-state index contributed by atoms with van der Waals surface area (Å²) in [5.41, 5.74) is -0.0972. The molecule has 12 heteroatoms. The molecule has 1 aliphatic rings. The Morgan fingerprint density at radius 1 is 1.22 bits per heavy atom. The smallest absolute Gasteiger partial charge is 0.342 e. The number of hydrogen-bond donors (Lipinski definition) is 1. The zero-order valence-corrected chi connectivity index (χ0v) is 11.9. The second-order valence-electron chi connectivity index (χ2n) is 4.76. The topological polar surface area (TPSA) is 58.1 Å². The van der Waals surface area contributed by atoms with Gasteiger partial charge in [0.25, 0.3) is 0 Å². The van der Waals surface area contributed by atoms with E-state index >= 15 is 0 Å². The lowest BCUT2D eigenvalue weighted by Gasteiger charge is -2.37. The summed E-state index contributed by atoms with van der Waals surface area (Å²) in [5, 5.41) is 1.78. The fourth-order valence-electron chi connectivity index (χ4n) is 2.10. The van der Waals surface area contributed by atoms with Crippen LogP contribution in [0.4, 0.5) is 37.8 Å². The van der Waals surface area contributed by atoms with E-state index in [9.17, 15) is 31.1 Å². The van der Waals surface area contributed by atoms with E-state index in [1.165, 1.54) is 0 Å². The highest BCUT2D eigenvalue weighted by Gasteiger charge is 2.43. The second kappa shape index (κ2) is 6.02. The Morgan fingerprint density at radius 3 is 2.43 bits per heavy atom. The summed E-state index contributed by atoms with van der Waals surface area (Å²) in [6.07, 6.45) is -11.3. The molecule has 2 heterocycles. The van der Waals surface area contributed by atoms with E-state index in [-0.39, 0.29) is 16.8 Å². The molecule has 0 saturated heterocycles. The van der Waals surface area contributed by atoms with Crippen molar-refractivity contribution in [3.05, 3.63) is 11.5 Å².